The Hall–Kier alpha value is -2.55. The number of hydrogen-bond donors (Lipinski definition) is 0. The largest absolute Gasteiger partial charge is 0.497 e. The van der Waals surface area contributed by atoms with Crippen molar-refractivity contribution in [1.82, 2.24) is 9.80 Å². The Morgan fingerprint density at radius 3 is 2.43 bits per heavy atom. The van der Waals surface area contributed by atoms with Crippen molar-refractivity contribution < 1.29 is 9.53 Å². The number of hydrogen-bond acceptors (Lipinski definition) is 4. The van der Waals surface area contributed by atoms with Crippen molar-refractivity contribution in [2.24, 2.45) is 0 Å². The summed E-state index contributed by atoms with van der Waals surface area (Å²) in [6, 6.07) is 17.2. The summed E-state index contributed by atoms with van der Waals surface area (Å²) >= 11 is 6.26. The van der Waals surface area contributed by atoms with Gasteiger partial charge < -0.3 is 9.64 Å². The van der Waals surface area contributed by atoms with Crippen LogP contribution >= 0.6 is 11.6 Å². The molecule has 1 unspecified atom stereocenters. The molecule has 146 valence electrons. The quantitative estimate of drug-likeness (QED) is 0.745. The van der Waals surface area contributed by atoms with Crippen LogP contribution in [0.1, 0.15) is 23.6 Å². The number of amides is 1. The number of piperazine rings is 1. The molecule has 0 N–H and O–H groups in total. The van der Waals surface area contributed by atoms with Gasteiger partial charge in [-0.3, -0.25) is 9.69 Å². The molecule has 6 heteroatoms. The lowest BCUT2D eigenvalue weighted by molar-refractivity contribution is -0.133. The van der Waals surface area contributed by atoms with Crippen molar-refractivity contribution in [2.45, 2.75) is 18.9 Å². The molecule has 0 aliphatic carbocycles. The zero-order chi connectivity index (χ0) is 19.9. The highest BCUT2D eigenvalue weighted by atomic mass is 35.5. The van der Waals surface area contributed by atoms with Gasteiger partial charge in [-0.25, -0.2) is 0 Å². The van der Waals surface area contributed by atoms with Gasteiger partial charge in [0.05, 0.1) is 13.2 Å². The van der Waals surface area contributed by atoms with Crippen molar-refractivity contribution in [3.63, 3.8) is 0 Å². The number of halogens is 1. The molecule has 0 radical (unpaired) electrons. The highest BCUT2D eigenvalue weighted by molar-refractivity contribution is 6.31. The van der Waals surface area contributed by atoms with Crippen LogP contribution < -0.4 is 4.74 Å². The Bertz CT molecular complexity index is 840. The average molecular weight is 398 g/mol. The van der Waals surface area contributed by atoms with Crippen LogP contribution in [0.5, 0.6) is 5.75 Å². The van der Waals surface area contributed by atoms with E-state index in [-0.39, 0.29) is 11.9 Å². The Kier molecular flexibility index (Phi) is 6.91. The number of carbonyl (C=O) groups is 1. The molecule has 5 nitrogen and oxygen atoms in total. The second kappa shape index (κ2) is 9.59. The first kappa shape index (κ1) is 20.2. The summed E-state index contributed by atoms with van der Waals surface area (Å²) in [5.41, 5.74) is 1.95. The van der Waals surface area contributed by atoms with E-state index in [1.54, 1.807) is 13.2 Å². The molecule has 1 aliphatic rings. The molecular weight excluding hydrogens is 374 g/mol. The zero-order valence-corrected chi connectivity index (χ0v) is 16.7. The van der Waals surface area contributed by atoms with Crippen molar-refractivity contribution in [3.8, 4) is 11.8 Å². The monoisotopic (exact) mass is 397 g/mol. The number of ether oxygens (including phenoxy) is 1. The second-order valence-electron chi connectivity index (χ2n) is 6.82. The molecule has 1 atom stereocenters. The van der Waals surface area contributed by atoms with Crippen LogP contribution in [0.25, 0.3) is 0 Å². The van der Waals surface area contributed by atoms with Gasteiger partial charge in [0, 0.05) is 43.2 Å². The first-order chi connectivity index (χ1) is 13.6. The summed E-state index contributed by atoms with van der Waals surface area (Å²) in [7, 11) is 1.64. The molecule has 1 aliphatic heterocycles. The van der Waals surface area contributed by atoms with Crippen LogP contribution in [0.2, 0.25) is 5.02 Å². The third-order valence-corrected chi connectivity index (χ3v) is 5.49. The Balaban J connectivity index is 1.52. The van der Waals surface area contributed by atoms with Crippen molar-refractivity contribution >= 4 is 17.5 Å². The average Bonchev–Trinajstić information content (AvgIpc) is 2.74. The molecule has 1 heterocycles. The Morgan fingerprint density at radius 2 is 1.82 bits per heavy atom. The van der Waals surface area contributed by atoms with Gasteiger partial charge in [0.15, 0.2) is 0 Å². The molecule has 0 saturated carbocycles. The van der Waals surface area contributed by atoms with E-state index in [2.05, 4.69) is 11.0 Å². The first-order valence-corrected chi connectivity index (χ1v) is 9.79. The third-order valence-electron chi connectivity index (χ3n) is 5.14. The fourth-order valence-electron chi connectivity index (χ4n) is 3.48. The van der Waals surface area contributed by atoms with Crippen molar-refractivity contribution in [2.75, 3.05) is 33.3 Å². The van der Waals surface area contributed by atoms with Gasteiger partial charge in [0.25, 0.3) is 0 Å². The van der Waals surface area contributed by atoms with Crippen LogP contribution in [-0.4, -0.2) is 49.0 Å². The molecule has 0 aromatic heterocycles. The summed E-state index contributed by atoms with van der Waals surface area (Å²) in [6.45, 7) is 2.59. The van der Waals surface area contributed by atoms with Crippen LogP contribution in [0, 0.1) is 11.3 Å². The van der Waals surface area contributed by atoms with E-state index < -0.39 is 0 Å². The Morgan fingerprint density at radius 1 is 1.14 bits per heavy atom. The minimum absolute atomic E-state index is 0.154. The van der Waals surface area contributed by atoms with Crippen molar-refractivity contribution in [1.29, 1.82) is 5.26 Å². The van der Waals surface area contributed by atoms with Crippen LogP contribution in [0.4, 0.5) is 0 Å². The molecule has 2 aromatic carbocycles. The maximum absolute atomic E-state index is 12.6. The summed E-state index contributed by atoms with van der Waals surface area (Å²) in [5, 5.41) is 10.2. The maximum atomic E-state index is 12.6. The number of benzene rings is 2. The molecular formula is C22H24ClN3O2. The molecule has 1 amide bonds. The molecule has 3 rings (SSSR count). The highest BCUT2D eigenvalue weighted by Gasteiger charge is 2.27. The molecule has 2 aromatic rings. The first-order valence-electron chi connectivity index (χ1n) is 9.41. The van der Waals surface area contributed by atoms with Gasteiger partial charge in [-0.05, 0) is 30.2 Å². The minimum atomic E-state index is -0.384. The number of aryl methyl sites for hydroxylation is 1. The summed E-state index contributed by atoms with van der Waals surface area (Å²) < 4.78 is 5.16. The lowest BCUT2D eigenvalue weighted by Gasteiger charge is -2.37. The normalized spacial score (nSPS) is 15.7. The van der Waals surface area contributed by atoms with Crippen LogP contribution in [-0.2, 0) is 11.2 Å². The SMILES string of the molecule is COc1ccc(CCC(=O)N2CCN(C(C#N)c3ccccc3Cl)CC2)cc1. The summed E-state index contributed by atoms with van der Waals surface area (Å²) in [6.07, 6.45) is 1.20. The van der Waals surface area contributed by atoms with Gasteiger partial charge in [-0.2, -0.15) is 5.26 Å². The van der Waals surface area contributed by atoms with E-state index in [4.69, 9.17) is 16.3 Å². The van der Waals surface area contributed by atoms with Gasteiger partial charge in [0.2, 0.25) is 5.91 Å². The number of carbonyl (C=O) groups excluding carboxylic acids is 1. The van der Waals surface area contributed by atoms with Crippen LogP contribution in [0.15, 0.2) is 48.5 Å². The van der Waals surface area contributed by atoms with Crippen molar-refractivity contribution in [3.05, 3.63) is 64.7 Å². The summed E-state index contributed by atoms with van der Waals surface area (Å²) in [4.78, 5) is 16.5. The number of methoxy groups -OCH3 is 1. The summed E-state index contributed by atoms with van der Waals surface area (Å²) in [5.74, 6) is 0.971. The fraction of sp³-hybridized carbons (Fsp3) is 0.364. The second-order valence-corrected chi connectivity index (χ2v) is 7.23. The van der Waals surface area contributed by atoms with Crippen LogP contribution in [0.3, 0.4) is 0 Å². The number of nitriles is 1. The molecule has 0 spiro atoms. The molecule has 0 bridgehead atoms. The molecule has 28 heavy (non-hydrogen) atoms. The van der Waals surface area contributed by atoms with E-state index >= 15 is 0 Å². The van der Waals surface area contributed by atoms with E-state index in [1.165, 1.54) is 0 Å². The van der Waals surface area contributed by atoms with Gasteiger partial charge in [-0.15, -0.1) is 0 Å². The standard InChI is InChI=1S/C22H24ClN3O2/c1-28-18-9-6-17(7-10-18)8-11-22(27)26-14-12-25(13-15-26)21(16-24)19-4-2-3-5-20(19)23/h2-7,9-10,21H,8,11-15H2,1H3. The highest BCUT2D eigenvalue weighted by Crippen LogP contribution is 2.28. The zero-order valence-electron chi connectivity index (χ0n) is 16.0. The van der Waals surface area contributed by atoms with Gasteiger partial charge in [0.1, 0.15) is 11.8 Å². The Labute approximate surface area is 171 Å². The van der Waals surface area contributed by atoms with Gasteiger partial charge >= 0.3 is 0 Å². The van der Waals surface area contributed by atoms with E-state index in [9.17, 15) is 10.1 Å². The minimum Gasteiger partial charge on any atom is -0.497 e. The predicted molar refractivity (Wildman–Crippen MR) is 109 cm³/mol. The fourth-order valence-corrected chi connectivity index (χ4v) is 3.71. The topological polar surface area (TPSA) is 56.6 Å². The predicted octanol–water partition coefficient (Wildman–Crippen LogP) is 3.69. The number of rotatable bonds is 6. The van der Waals surface area contributed by atoms with E-state index in [0.717, 1.165) is 16.9 Å². The lowest BCUT2D eigenvalue weighted by Crippen LogP contribution is -2.49. The number of nitrogens with zero attached hydrogens (tertiary/aromatic N) is 3. The third kappa shape index (κ3) is 4.83. The van der Waals surface area contributed by atoms with E-state index in [0.29, 0.717) is 44.0 Å². The van der Waals surface area contributed by atoms with E-state index in [1.807, 2.05) is 47.4 Å². The molecule has 1 fully saturated rings. The van der Waals surface area contributed by atoms with Gasteiger partial charge in [-0.1, -0.05) is 41.9 Å². The molecule has 1 saturated heterocycles. The lowest BCUT2D eigenvalue weighted by atomic mass is 10.1. The smallest absolute Gasteiger partial charge is 0.222 e. The maximum Gasteiger partial charge on any atom is 0.222 e.